The molecule has 4 heteroatoms. The molecule has 0 fully saturated rings. The van der Waals surface area contributed by atoms with Crippen LogP contribution in [0.2, 0.25) is 0 Å². The maximum Gasteiger partial charge on any atom is 0.416 e. The molecule has 0 spiro atoms. The Balaban J connectivity index is 2.79. The molecule has 0 aliphatic heterocycles. The molecular weight excluding hydrogens is 263 g/mol. The second kappa shape index (κ2) is 6.17. The van der Waals surface area contributed by atoms with Gasteiger partial charge in [0, 0.05) is 5.54 Å². The van der Waals surface area contributed by atoms with Gasteiger partial charge in [0.05, 0.1) is 5.56 Å². The molecule has 0 saturated heterocycles. The van der Waals surface area contributed by atoms with Crippen LogP contribution >= 0.6 is 0 Å². The lowest BCUT2D eigenvalue weighted by atomic mass is 9.87. The third-order valence-corrected chi connectivity index (χ3v) is 3.55. The smallest absolute Gasteiger partial charge is 0.312 e. The van der Waals surface area contributed by atoms with Crippen LogP contribution in [-0.2, 0) is 6.18 Å². The molecule has 0 amide bonds. The average molecular weight is 287 g/mol. The van der Waals surface area contributed by atoms with Crippen LogP contribution in [0.25, 0.3) is 0 Å². The summed E-state index contributed by atoms with van der Waals surface area (Å²) in [5.74, 6) is 0.338. The van der Waals surface area contributed by atoms with Crippen LogP contribution < -0.4 is 5.32 Å². The van der Waals surface area contributed by atoms with Crippen molar-refractivity contribution < 1.29 is 13.2 Å². The van der Waals surface area contributed by atoms with Crippen molar-refractivity contribution in [3.05, 3.63) is 35.4 Å². The monoisotopic (exact) mass is 287 g/mol. The fraction of sp³-hybridized carbons (Fsp3) is 0.625. The highest BCUT2D eigenvalue weighted by molar-refractivity contribution is 5.28. The zero-order valence-corrected chi connectivity index (χ0v) is 12.8. The van der Waals surface area contributed by atoms with Gasteiger partial charge in [0.25, 0.3) is 0 Å². The summed E-state index contributed by atoms with van der Waals surface area (Å²) < 4.78 is 38.2. The Kier molecular flexibility index (Phi) is 5.25. The predicted octanol–water partition coefficient (Wildman–Crippen LogP) is 4.83. The summed E-state index contributed by atoms with van der Waals surface area (Å²) in [5.41, 5.74) is 0.183. The number of nitrogens with one attached hydrogen (secondary N) is 1. The van der Waals surface area contributed by atoms with Gasteiger partial charge in [-0.3, -0.25) is 0 Å². The standard InChI is InChI=1S/C16H24F3N/c1-11(10-20-15(3,4)5)12(2)13-7-6-8-14(9-13)16(17,18)19/h6-9,11-12,20H,10H2,1-5H3. The molecule has 2 atom stereocenters. The van der Waals surface area contributed by atoms with E-state index in [4.69, 9.17) is 0 Å². The SMILES string of the molecule is CC(CNC(C)(C)C)C(C)c1cccc(C(F)(F)F)c1. The van der Waals surface area contributed by atoms with Gasteiger partial charge < -0.3 is 5.32 Å². The highest BCUT2D eigenvalue weighted by atomic mass is 19.4. The number of halogens is 3. The number of hydrogen-bond donors (Lipinski definition) is 1. The Hall–Kier alpha value is -1.03. The Bertz CT molecular complexity index is 432. The molecule has 114 valence electrons. The highest BCUT2D eigenvalue weighted by Crippen LogP contribution is 2.32. The highest BCUT2D eigenvalue weighted by Gasteiger charge is 2.31. The second-order valence-electron chi connectivity index (χ2n) is 6.52. The van der Waals surface area contributed by atoms with Crippen LogP contribution in [0.5, 0.6) is 0 Å². The third kappa shape index (κ3) is 5.16. The van der Waals surface area contributed by atoms with E-state index in [1.165, 1.54) is 12.1 Å². The van der Waals surface area contributed by atoms with Gasteiger partial charge in [-0.15, -0.1) is 0 Å². The first-order chi connectivity index (χ1) is 9.00. The van der Waals surface area contributed by atoms with Crippen molar-refractivity contribution >= 4 is 0 Å². The Morgan fingerprint density at radius 1 is 1.10 bits per heavy atom. The Morgan fingerprint density at radius 2 is 1.70 bits per heavy atom. The van der Waals surface area contributed by atoms with Gasteiger partial charge in [-0.2, -0.15) is 13.2 Å². The van der Waals surface area contributed by atoms with Gasteiger partial charge in [-0.25, -0.2) is 0 Å². The van der Waals surface area contributed by atoms with E-state index < -0.39 is 11.7 Å². The molecule has 1 N–H and O–H groups in total. The fourth-order valence-electron chi connectivity index (χ4n) is 1.97. The van der Waals surface area contributed by atoms with E-state index in [9.17, 15) is 13.2 Å². The zero-order valence-electron chi connectivity index (χ0n) is 12.8. The summed E-state index contributed by atoms with van der Waals surface area (Å²) in [4.78, 5) is 0. The van der Waals surface area contributed by atoms with Crippen molar-refractivity contribution in [3.63, 3.8) is 0 Å². The number of hydrogen-bond acceptors (Lipinski definition) is 1. The summed E-state index contributed by atoms with van der Waals surface area (Å²) in [6, 6.07) is 5.64. The minimum absolute atomic E-state index is 0.0157. The van der Waals surface area contributed by atoms with Gasteiger partial charge in [0.2, 0.25) is 0 Å². The number of alkyl halides is 3. The lowest BCUT2D eigenvalue weighted by Crippen LogP contribution is -2.39. The van der Waals surface area contributed by atoms with Crippen molar-refractivity contribution in [1.82, 2.24) is 5.32 Å². The fourth-order valence-corrected chi connectivity index (χ4v) is 1.97. The van der Waals surface area contributed by atoms with Crippen LogP contribution in [0.3, 0.4) is 0 Å². The van der Waals surface area contributed by atoms with Crippen molar-refractivity contribution in [3.8, 4) is 0 Å². The first kappa shape index (κ1) is 17.0. The molecule has 0 aliphatic rings. The molecule has 0 aromatic heterocycles. The minimum atomic E-state index is -4.28. The second-order valence-corrected chi connectivity index (χ2v) is 6.52. The normalized spacial score (nSPS) is 16.0. The van der Waals surface area contributed by atoms with E-state index >= 15 is 0 Å². The molecule has 0 saturated carbocycles. The molecule has 0 heterocycles. The minimum Gasteiger partial charge on any atom is -0.312 e. The van der Waals surface area contributed by atoms with Crippen molar-refractivity contribution in [1.29, 1.82) is 0 Å². The quantitative estimate of drug-likeness (QED) is 0.836. The van der Waals surface area contributed by atoms with Crippen LogP contribution in [0, 0.1) is 5.92 Å². The molecule has 1 aromatic rings. The van der Waals surface area contributed by atoms with Crippen LogP contribution in [-0.4, -0.2) is 12.1 Å². The molecule has 1 rings (SSSR count). The number of rotatable bonds is 4. The Morgan fingerprint density at radius 3 is 2.20 bits per heavy atom. The molecular formula is C16H24F3N. The molecule has 0 radical (unpaired) electrons. The molecule has 0 bridgehead atoms. The van der Waals surface area contributed by atoms with Crippen molar-refractivity contribution in [2.45, 2.75) is 52.3 Å². The van der Waals surface area contributed by atoms with E-state index in [1.54, 1.807) is 6.07 Å². The summed E-state index contributed by atoms with van der Waals surface area (Å²) >= 11 is 0. The lowest BCUT2D eigenvalue weighted by Gasteiger charge is -2.27. The molecule has 20 heavy (non-hydrogen) atoms. The average Bonchev–Trinajstić information content (AvgIpc) is 2.33. The predicted molar refractivity (Wildman–Crippen MR) is 76.8 cm³/mol. The largest absolute Gasteiger partial charge is 0.416 e. The topological polar surface area (TPSA) is 12.0 Å². The van der Waals surface area contributed by atoms with E-state index in [0.717, 1.165) is 18.2 Å². The summed E-state index contributed by atoms with van der Waals surface area (Å²) in [7, 11) is 0. The van der Waals surface area contributed by atoms with Gasteiger partial charge in [0.15, 0.2) is 0 Å². The van der Waals surface area contributed by atoms with Crippen LogP contribution in [0.15, 0.2) is 24.3 Å². The molecule has 0 aliphatic carbocycles. The van der Waals surface area contributed by atoms with E-state index in [2.05, 4.69) is 33.0 Å². The lowest BCUT2D eigenvalue weighted by molar-refractivity contribution is -0.137. The van der Waals surface area contributed by atoms with Gasteiger partial charge in [0.1, 0.15) is 0 Å². The maximum atomic E-state index is 12.7. The summed E-state index contributed by atoms with van der Waals surface area (Å²) in [6.45, 7) is 11.0. The maximum absolute atomic E-state index is 12.7. The molecule has 1 nitrogen and oxygen atoms in total. The summed E-state index contributed by atoms with van der Waals surface area (Å²) in [5, 5.41) is 3.39. The van der Waals surface area contributed by atoms with Crippen molar-refractivity contribution in [2.75, 3.05) is 6.54 Å². The van der Waals surface area contributed by atoms with Crippen LogP contribution in [0.1, 0.15) is 51.7 Å². The molecule has 2 unspecified atom stereocenters. The van der Waals surface area contributed by atoms with Crippen molar-refractivity contribution in [2.24, 2.45) is 5.92 Å². The van der Waals surface area contributed by atoms with Gasteiger partial charge in [-0.05, 0) is 50.8 Å². The first-order valence-corrected chi connectivity index (χ1v) is 6.93. The van der Waals surface area contributed by atoms with Gasteiger partial charge >= 0.3 is 6.18 Å². The number of benzene rings is 1. The van der Waals surface area contributed by atoms with E-state index in [-0.39, 0.29) is 17.4 Å². The first-order valence-electron chi connectivity index (χ1n) is 6.93. The molecule has 1 aromatic carbocycles. The third-order valence-electron chi connectivity index (χ3n) is 3.55. The van der Waals surface area contributed by atoms with E-state index in [0.29, 0.717) is 0 Å². The van der Waals surface area contributed by atoms with Crippen LogP contribution in [0.4, 0.5) is 13.2 Å². The Labute approximate surface area is 119 Å². The zero-order chi connectivity index (χ0) is 15.6. The van der Waals surface area contributed by atoms with E-state index in [1.807, 2.05) is 6.92 Å². The van der Waals surface area contributed by atoms with Gasteiger partial charge in [-0.1, -0.05) is 32.0 Å². The summed E-state index contributed by atoms with van der Waals surface area (Å²) in [6.07, 6.45) is -4.28.